The summed E-state index contributed by atoms with van der Waals surface area (Å²) in [6.07, 6.45) is 10.4. The first-order valence-corrected chi connectivity index (χ1v) is 7.91. The van der Waals surface area contributed by atoms with Crippen LogP contribution in [-0.2, 0) is 13.5 Å². The van der Waals surface area contributed by atoms with Gasteiger partial charge in [-0.1, -0.05) is 6.08 Å². The molecule has 0 bridgehead atoms. The Hall–Kier alpha value is -1.06. The second-order valence-electron chi connectivity index (χ2n) is 5.92. The van der Waals surface area contributed by atoms with Crippen LogP contribution in [0.4, 0.5) is 0 Å². The van der Waals surface area contributed by atoms with Crippen LogP contribution in [0, 0.1) is 12.8 Å². The molecular formula is C17H29N3. The van der Waals surface area contributed by atoms with E-state index in [1.54, 1.807) is 0 Å². The third-order valence-corrected chi connectivity index (χ3v) is 4.38. The Morgan fingerprint density at radius 2 is 2.15 bits per heavy atom. The van der Waals surface area contributed by atoms with Gasteiger partial charge in [0.05, 0.1) is 0 Å². The van der Waals surface area contributed by atoms with Crippen LogP contribution in [-0.4, -0.2) is 30.7 Å². The van der Waals surface area contributed by atoms with Crippen LogP contribution in [0.1, 0.15) is 36.6 Å². The van der Waals surface area contributed by atoms with Crippen LogP contribution in [0.15, 0.2) is 12.3 Å². The Morgan fingerprint density at radius 3 is 2.85 bits per heavy atom. The Bertz CT molecular complexity index is 439. The third-order valence-electron chi connectivity index (χ3n) is 4.38. The van der Waals surface area contributed by atoms with E-state index in [1.807, 2.05) is 0 Å². The van der Waals surface area contributed by atoms with Gasteiger partial charge in [0.2, 0.25) is 0 Å². The summed E-state index contributed by atoms with van der Waals surface area (Å²) in [5, 5.41) is 7.06. The van der Waals surface area contributed by atoms with Crippen LogP contribution < -0.4 is 10.6 Å². The summed E-state index contributed by atoms with van der Waals surface area (Å²) >= 11 is 0. The van der Waals surface area contributed by atoms with Gasteiger partial charge in [-0.2, -0.15) is 0 Å². The highest BCUT2D eigenvalue weighted by Gasteiger charge is 2.12. The second kappa shape index (κ2) is 7.65. The first-order chi connectivity index (χ1) is 9.72. The Morgan fingerprint density at radius 1 is 1.40 bits per heavy atom. The molecule has 1 fully saturated rings. The maximum atomic E-state index is 3.64. The van der Waals surface area contributed by atoms with E-state index >= 15 is 0 Å². The monoisotopic (exact) mass is 275 g/mol. The molecule has 0 unspecified atom stereocenters. The molecule has 2 rings (SSSR count). The molecular weight excluding hydrogens is 246 g/mol. The van der Waals surface area contributed by atoms with Gasteiger partial charge in [0.15, 0.2) is 0 Å². The largest absolute Gasteiger partial charge is 0.351 e. The predicted octanol–water partition coefficient (Wildman–Crippen LogP) is 2.50. The van der Waals surface area contributed by atoms with Crippen molar-refractivity contribution in [3.63, 3.8) is 0 Å². The fourth-order valence-electron chi connectivity index (χ4n) is 3.10. The average molecular weight is 275 g/mol. The highest BCUT2D eigenvalue weighted by atomic mass is 14.9. The van der Waals surface area contributed by atoms with Crippen molar-refractivity contribution in [2.75, 3.05) is 26.2 Å². The van der Waals surface area contributed by atoms with Crippen molar-refractivity contribution in [2.45, 2.75) is 33.1 Å². The topological polar surface area (TPSA) is 29.0 Å². The lowest BCUT2D eigenvalue weighted by Crippen LogP contribution is -2.34. The van der Waals surface area contributed by atoms with Crippen molar-refractivity contribution < 1.29 is 0 Å². The van der Waals surface area contributed by atoms with Crippen molar-refractivity contribution in [2.24, 2.45) is 13.0 Å². The number of nitrogens with one attached hydrogen (secondary N) is 2. The Balaban J connectivity index is 1.77. The fraction of sp³-hybridized carbons (Fsp3) is 0.647. The van der Waals surface area contributed by atoms with Crippen LogP contribution in [0.2, 0.25) is 0 Å². The van der Waals surface area contributed by atoms with E-state index in [4.69, 9.17) is 0 Å². The highest BCUT2D eigenvalue weighted by Crippen LogP contribution is 2.17. The van der Waals surface area contributed by atoms with Gasteiger partial charge >= 0.3 is 0 Å². The predicted molar refractivity (Wildman–Crippen MR) is 87.0 cm³/mol. The number of aromatic nitrogens is 1. The van der Waals surface area contributed by atoms with E-state index in [0.29, 0.717) is 0 Å². The molecule has 0 spiro atoms. The number of hydrogen-bond donors (Lipinski definition) is 2. The minimum Gasteiger partial charge on any atom is -0.351 e. The van der Waals surface area contributed by atoms with Gasteiger partial charge in [-0.3, -0.25) is 0 Å². The van der Waals surface area contributed by atoms with Crippen molar-refractivity contribution in [1.29, 1.82) is 0 Å². The quantitative estimate of drug-likeness (QED) is 0.781. The van der Waals surface area contributed by atoms with Crippen molar-refractivity contribution in [3.05, 3.63) is 29.1 Å². The highest BCUT2D eigenvalue weighted by molar-refractivity contribution is 5.52. The van der Waals surface area contributed by atoms with Gasteiger partial charge in [-0.25, -0.2) is 0 Å². The van der Waals surface area contributed by atoms with E-state index < -0.39 is 0 Å². The molecule has 2 N–H and O–H groups in total. The summed E-state index contributed by atoms with van der Waals surface area (Å²) in [5.74, 6) is 0.867. The molecule has 1 aliphatic rings. The summed E-state index contributed by atoms with van der Waals surface area (Å²) in [5.41, 5.74) is 4.23. The first-order valence-electron chi connectivity index (χ1n) is 7.91. The molecule has 0 atom stereocenters. The molecule has 20 heavy (non-hydrogen) atoms. The molecule has 3 heteroatoms. The molecule has 0 saturated carbocycles. The summed E-state index contributed by atoms with van der Waals surface area (Å²) in [6.45, 7) is 8.96. The molecule has 1 aromatic heterocycles. The second-order valence-corrected chi connectivity index (χ2v) is 5.92. The normalized spacial score (nSPS) is 17.1. The van der Waals surface area contributed by atoms with Gasteiger partial charge in [0.25, 0.3) is 0 Å². The number of hydrogen-bond acceptors (Lipinski definition) is 2. The summed E-state index contributed by atoms with van der Waals surface area (Å²) in [6, 6.07) is 0. The van der Waals surface area contributed by atoms with E-state index in [0.717, 1.165) is 18.9 Å². The smallest absolute Gasteiger partial charge is 0.0433 e. The Kier molecular flexibility index (Phi) is 5.86. The first kappa shape index (κ1) is 15.3. The average Bonchev–Trinajstić information content (AvgIpc) is 2.73. The zero-order valence-electron chi connectivity index (χ0n) is 13.2. The number of piperidine rings is 1. The van der Waals surface area contributed by atoms with Gasteiger partial charge in [-0.05, 0) is 82.4 Å². The molecule has 1 aliphatic heterocycles. The summed E-state index contributed by atoms with van der Waals surface area (Å²) < 4.78 is 2.23. The molecule has 1 saturated heterocycles. The molecule has 2 heterocycles. The van der Waals surface area contributed by atoms with Crippen molar-refractivity contribution in [1.82, 2.24) is 15.2 Å². The van der Waals surface area contributed by atoms with Gasteiger partial charge < -0.3 is 15.2 Å². The zero-order chi connectivity index (χ0) is 14.4. The van der Waals surface area contributed by atoms with Crippen LogP contribution in [0.5, 0.6) is 0 Å². The van der Waals surface area contributed by atoms with Gasteiger partial charge in [0.1, 0.15) is 0 Å². The lowest BCUT2D eigenvalue weighted by Gasteiger charge is -2.22. The van der Waals surface area contributed by atoms with Crippen molar-refractivity contribution >= 4 is 6.08 Å². The maximum absolute atomic E-state index is 3.64. The van der Waals surface area contributed by atoms with E-state index in [1.165, 1.54) is 49.3 Å². The van der Waals surface area contributed by atoms with Crippen LogP contribution in [0.3, 0.4) is 0 Å². The standard InChI is InChI=1S/C17H29N3/c1-4-5-17-14(2)16(13-20(17)3)8-11-19-12-15-6-9-18-10-7-15/h4-5,13,15,18-19H,6-12H2,1-3H3/b5-4-. The van der Waals surface area contributed by atoms with E-state index in [-0.39, 0.29) is 0 Å². The number of nitrogens with zero attached hydrogens (tertiary/aromatic N) is 1. The summed E-state index contributed by atoms with van der Waals surface area (Å²) in [4.78, 5) is 0. The Labute approximate surface area is 123 Å². The molecule has 1 aromatic rings. The molecule has 3 nitrogen and oxygen atoms in total. The molecule has 0 amide bonds. The molecule has 0 aromatic carbocycles. The minimum atomic E-state index is 0.867. The SMILES string of the molecule is C/C=C\c1c(C)c(CCNCC2CCNCC2)cn1C. The van der Waals surface area contributed by atoms with Crippen LogP contribution in [0.25, 0.3) is 6.08 Å². The van der Waals surface area contributed by atoms with Gasteiger partial charge in [-0.15, -0.1) is 0 Å². The molecule has 112 valence electrons. The number of rotatable bonds is 6. The number of allylic oxidation sites excluding steroid dienone is 1. The zero-order valence-corrected chi connectivity index (χ0v) is 13.2. The third kappa shape index (κ3) is 3.97. The minimum absolute atomic E-state index is 0.867. The van der Waals surface area contributed by atoms with Crippen LogP contribution >= 0.6 is 0 Å². The van der Waals surface area contributed by atoms with E-state index in [2.05, 4.69) is 54.4 Å². The lowest BCUT2D eigenvalue weighted by molar-refractivity contribution is 0.358. The molecule has 0 radical (unpaired) electrons. The molecule has 0 aliphatic carbocycles. The van der Waals surface area contributed by atoms with E-state index in [9.17, 15) is 0 Å². The maximum Gasteiger partial charge on any atom is 0.0433 e. The lowest BCUT2D eigenvalue weighted by atomic mass is 9.98. The summed E-state index contributed by atoms with van der Waals surface area (Å²) in [7, 11) is 2.13. The van der Waals surface area contributed by atoms with Crippen molar-refractivity contribution in [3.8, 4) is 0 Å². The fourth-order valence-corrected chi connectivity index (χ4v) is 3.10. The number of aryl methyl sites for hydroxylation is 1. The van der Waals surface area contributed by atoms with Gasteiger partial charge in [0, 0.05) is 18.9 Å².